The third-order valence-corrected chi connectivity index (χ3v) is 5.15. The van der Waals surface area contributed by atoms with Crippen LogP contribution in [0.2, 0.25) is 0 Å². The van der Waals surface area contributed by atoms with Crippen LogP contribution in [0.1, 0.15) is 47.7 Å². The van der Waals surface area contributed by atoms with Crippen LogP contribution in [-0.2, 0) is 16.1 Å². The summed E-state index contributed by atoms with van der Waals surface area (Å²) in [6.45, 7) is 4.70. The van der Waals surface area contributed by atoms with Crippen molar-refractivity contribution in [2.75, 3.05) is 24.4 Å². The first-order chi connectivity index (χ1) is 12.8. The number of aliphatic carboxylic acids is 1. The molecule has 4 N–H and O–H groups in total. The average molecular weight is 415 g/mol. The van der Waals surface area contributed by atoms with Crippen LogP contribution >= 0.6 is 24.4 Å². The summed E-state index contributed by atoms with van der Waals surface area (Å²) in [5, 5.41) is 12.0. The fraction of sp³-hybridized carbons (Fsp3) is 0.579. The van der Waals surface area contributed by atoms with Gasteiger partial charge >= 0.3 is 5.97 Å². The first kappa shape index (κ1) is 23.8. The van der Waals surface area contributed by atoms with Gasteiger partial charge in [0.15, 0.2) is 0 Å². The van der Waals surface area contributed by atoms with Gasteiger partial charge in [-0.05, 0) is 41.5 Å². The van der Waals surface area contributed by atoms with Gasteiger partial charge in [0.25, 0.3) is 5.91 Å². The van der Waals surface area contributed by atoms with Crippen LogP contribution in [-0.4, -0.2) is 53.4 Å². The molecule has 2 unspecified atom stereocenters. The Morgan fingerprint density at radius 3 is 2.63 bits per heavy atom. The quantitative estimate of drug-likeness (QED) is 0.392. The van der Waals surface area contributed by atoms with Gasteiger partial charge < -0.3 is 20.9 Å². The third kappa shape index (κ3) is 8.13. The molecule has 1 amide bonds. The summed E-state index contributed by atoms with van der Waals surface area (Å²) in [4.78, 5) is 24.2. The van der Waals surface area contributed by atoms with E-state index >= 15 is 0 Å². The van der Waals surface area contributed by atoms with Crippen LogP contribution in [0.25, 0.3) is 0 Å². The van der Waals surface area contributed by atoms with Gasteiger partial charge in [0.1, 0.15) is 6.04 Å². The fourth-order valence-corrected chi connectivity index (χ4v) is 3.08. The highest BCUT2D eigenvalue weighted by atomic mass is 32.2. The molecule has 0 aliphatic rings. The lowest BCUT2D eigenvalue weighted by Gasteiger charge is -2.18. The molecular weight excluding hydrogens is 384 g/mol. The van der Waals surface area contributed by atoms with E-state index in [2.05, 4.69) is 17.9 Å². The third-order valence-electron chi connectivity index (χ3n) is 4.03. The molecule has 1 rings (SSSR count). The molecule has 0 saturated heterocycles. The summed E-state index contributed by atoms with van der Waals surface area (Å²) < 4.78 is 5.58. The van der Waals surface area contributed by atoms with E-state index in [9.17, 15) is 14.7 Å². The number of nitrogens with two attached hydrogens (primary N) is 1. The molecule has 0 fully saturated rings. The van der Waals surface area contributed by atoms with E-state index in [0.29, 0.717) is 36.7 Å². The number of benzene rings is 1. The van der Waals surface area contributed by atoms with Crippen LogP contribution < -0.4 is 11.1 Å². The normalized spacial score (nSPS) is 13.4. The van der Waals surface area contributed by atoms with Gasteiger partial charge in [0.05, 0.1) is 13.2 Å². The minimum Gasteiger partial charge on any atom is -0.480 e. The van der Waals surface area contributed by atoms with E-state index in [1.54, 1.807) is 17.8 Å². The number of rotatable bonds is 12. The number of thioether (sulfide) groups is 1. The zero-order chi connectivity index (χ0) is 20.4. The van der Waals surface area contributed by atoms with E-state index in [1.165, 1.54) is 0 Å². The monoisotopic (exact) mass is 414 g/mol. The van der Waals surface area contributed by atoms with Crippen molar-refractivity contribution < 1.29 is 19.4 Å². The SMILES string of the molecule is CSCCC(NC(=O)c1cc(COCC(N)CS)ccc1C(C)C)C(=O)O. The Bertz CT molecular complexity index is 626. The zero-order valence-electron chi connectivity index (χ0n) is 16.1. The number of amides is 1. The van der Waals surface area contributed by atoms with Gasteiger partial charge in [0.2, 0.25) is 0 Å². The first-order valence-electron chi connectivity index (χ1n) is 8.89. The first-order valence-corrected chi connectivity index (χ1v) is 10.9. The Kier molecular flexibility index (Phi) is 10.8. The van der Waals surface area contributed by atoms with E-state index in [-0.39, 0.29) is 17.9 Å². The highest BCUT2D eigenvalue weighted by molar-refractivity contribution is 7.98. The number of ether oxygens (including phenoxy) is 1. The molecule has 0 heterocycles. The fourth-order valence-electron chi connectivity index (χ4n) is 2.50. The Balaban J connectivity index is 2.95. The molecule has 2 atom stereocenters. The lowest BCUT2D eigenvalue weighted by Crippen LogP contribution is -2.41. The Labute approximate surface area is 171 Å². The minimum atomic E-state index is -1.02. The van der Waals surface area contributed by atoms with Crippen molar-refractivity contribution in [3.63, 3.8) is 0 Å². The molecule has 0 radical (unpaired) electrons. The van der Waals surface area contributed by atoms with Crippen molar-refractivity contribution in [2.45, 2.75) is 44.9 Å². The summed E-state index contributed by atoms with van der Waals surface area (Å²) in [7, 11) is 0. The number of carbonyl (C=O) groups excluding carboxylic acids is 1. The molecule has 1 aromatic rings. The van der Waals surface area contributed by atoms with Crippen molar-refractivity contribution >= 4 is 36.3 Å². The summed E-state index contributed by atoms with van der Waals surface area (Å²) in [6, 6.07) is 4.54. The zero-order valence-corrected chi connectivity index (χ0v) is 17.8. The largest absolute Gasteiger partial charge is 0.480 e. The smallest absolute Gasteiger partial charge is 0.326 e. The average Bonchev–Trinajstić information content (AvgIpc) is 2.64. The predicted octanol–water partition coefficient (Wildman–Crippen LogP) is 2.52. The van der Waals surface area contributed by atoms with Gasteiger partial charge in [-0.1, -0.05) is 26.0 Å². The van der Waals surface area contributed by atoms with Crippen LogP contribution in [0.3, 0.4) is 0 Å². The molecule has 27 heavy (non-hydrogen) atoms. The molecule has 0 bridgehead atoms. The number of carbonyl (C=O) groups is 2. The van der Waals surface area contributed by atoms with Crippen molar-refractivity contribution in [3.05, 3.63) is 34.9 Å². The molecule has 0 aromatic heterocycles. The number of thiol groups is 1. The Hall–Kier alpha value is -1.22. The highest BCUT2D eigenvalue weighted by Crippen LogP contribution is 2.22. The van der Waals surface area contributed by atoms with E-state index in [4.69, 9.17) is 10.5 Å². The molecular formula is C19H30N2O4S2. The van der Waals surface area contributed by atoms with Crippen molar-refractivity contribution in [1.82, 2.24) is 5.32 Å². The van der Waals surface area contributed by atoms with Gasteiger partial charge in [0, 0.05) is 17.4 Å². The van der Waals surface area contributed by atoms with E-state index in [1.807, 2.05) is 32.2 Å². The maximum Gasteiger partial charge on any atom is 0.326 e. The summed E-state index contributed by atoms with van der Waals surface area (Å²) in [5.41, 5.74) is 7.98. The second-order valence-corrected chi connectivity index (χ2v) is 8.03. The lowest BCUT2D eigenvalue weighted by atomic mass is 9.94. The van der Waals surface area contributed by atoms with Crippen LogP contribution in [0.5, 0.6) is 0 Å². The van der Waals surface area contributed by atoms with Gasteiger partial charge in [-0.25, -0.2) is 4.79 Å². The Morgan fingerprint density at radius 1 is 1.37 bits per heavy atom. The van der Waals surface area contributed by atoms with Gasteiger partial charge in [-0.15, -0.1) is 0 Å². The molecule has 1 aromatic carbocycles. The van der Waals surface area contributed by atoms with Crippen molar-refractivity contribution in [2.24, 2.45) is 5.73 Å². The van der Waals surface area contributed by atoms with Crippen LogP contribution in [0.4, 0.5) is 0 Å². The maximum atomic E-state index is 12.8. The molecule has 0 aliphatic heterocycles. The molecule has 0 saturated carbocycles. The standard InChI is InChI=1S/C19H30N2O4S2/c1-12(2)15-5-4-13(9-25-10-14(20)11-26)8-16(15)18(22)21-17(19(23)24)6-7-27-3/h4-5,8,12,14,17,26H,6-7,9-11,20H2,1-3H3,(H,21,22)(H,23,24). The predicted molar refractivity (Wildman–Crippen MR) is 114 cm³/mol. The van der Waals surface area contributed by atoms with Gasteiger partial charge in [-0.3, -0.25) is 4.79 Å². The summed E-state index contributed by atoms with van der Waals surface area (Å²) in [6.07, 6.45) is 2.28. The van der Waals surface area contributed by atoms with Gasteiger partial charge in [-0.2, -0.15) is 24.4 Å². The Morgan fingerprint density at radius 2 is 2.07 bits per heavy atom. The molecule has 0 spiro atoms. The van der Waals surface area contributed by atoms with E-state index in [0.717, 1.165) is 11.1 Å². The second kappa shape index (κ2) is 12.3. The number of hydrogen-bond acceptors (Lipinski definition) is 6. The highest BCUT2D eigenvalue weighted by Gasteiger charge is 2.22. The van der Waals surface area contributed by atoms with Crippen molar-refractivity contribution in [3.8, 4) is 0 Å². The number of carboxylic acid groups (broad SMARTS) is 1. The summed E-state index contributed by atoms with van der Waals surface area (Å²) >= 11 is 5.67. The van der Waals surface area contributed by atoms with Crippen LogP contribution in [0.15, 0.2) is 18.2 Å². The van der Waals surface area contributed by atoms with Crippen molar-refractivity contribution in [1.29, 1.82) is 0 Å². The summed E-state index contributed by atoms with van der Waals surface area (Å²) in [5.74, 6) is -0.0715. The maximum absolute atomic E-state index is 12.8. The number of nitrogens with one attached hydrogen (secondary N) is 1. The van der Waals surface area contributed by atoms with E-state index < -0.39 is 12.0 Å². The molecule has 6 nitrogen and oxygen atoms in total. The minimum absolute atomic E-state index is 0.132. The second-order valence-electron chi connectivity index (χ2n) is 6.68. The molecule has 0 aliphatic carbocycles. The number of hydrogen-bond donors (Lipinski definition) is 4. The lowest BCUT2D eigenvalue weighted by molar-refractivity contribution is -0.139. The molecule has 152 valence electrons. The number of carboxylic acids is 1. The topological polar surface area (TPSA) is 102 Å². The van der Waals surface area contributed by atoms with Crippen LogP contribution in [0, 0.1) is 0 Å². The molecule has 8 heteroatoms.